The number of hydrogen-bond donors (Lipinski definition) is 0. The third-order valence-corrected chi connectivity index (χ3v) is 1.92. The van der Waals surface area contributed by atoms with Gasteiger partial charge in [0.2, 0.25) is 0 Å². The van der Waals surface area contributed by atoms with Gasteiger partial charge in [-0.1, -0.05) is 0 Å². The fourth-order valence-corrected chi connectivity index (χ4v) is 1.32. The lowest BCUT2D eigenvalue weighted by Crippen LogP contribution is -2.09. The smallest absolute Gasteiger partial charge is 0.252 e. The molecule has 6 heteroatoms. The Morgan fingerprint density at radius 1 is 1.41 bits per heavy atom. The molecule has 2 aromatic rings. The van der Waals surface area contributed by atoms with Crippen LogP contribution in [0.15, 0.2) is 24.7 Å². The molecular formula is C11H11N5O. The van der Waals surface area contributed by atoms with Gasteiger partial charge in [0.25, 0.3) is 5.82 Å². The summed E-state index contributed by atoms with van der Waals surface area (Å²) in [6.45, 7) is 3.86. The maximum atomic E-state index is 8.67. The van der Waals surface area contributed by atoms with Crippen molar-refractivity contribution in [3.63, 3.8) is 0 Å². The zero-order valence-electron chi connectivity index (χ0n) is 9.53. The summed E-state index contributed by atoms with van der Waals surface area (Å²) < 4.78 is 7.04. The van der Waals surface area contributed by atoms with Crippen molar-refractivity contribution in [3.05, 3.63) is 30.5 Å². The Balaban J connectivity index is 2.41. The summed E-state index contributed by atoms with van der Waals surface area (Å²) in [6, 6.07) is 5.45. The molecule has 0 aliphatic heterocycles. The molecule has 86 valence electrons. The van der Waals surface area contributed by atoms with Gasteiger partial charge in [-0.15, -0.1) is 5.10 Å². The van der Waals surface area contributed by atoms with E-state index in [1.54, 1.807) is 18.3 Å². The average Bonchev–Trinajstić information content (AvgIpc) is 2.77. The van der Waals surface area contributed by atoms with Crippen LogP contribution in [0.1, 0.15) is 19.7 Å². The number of nitriles is 1. The van der Waals surface area contributed by atoms with E-state index in [-0.39, 0.29) is 11.9 Å². The summed E-state index contributed by atoms with van der Waals surface area (Å²) in [5.41, 5.74) is 0. The van der Waals surface area contributed by atoms with Gasteiger partial charge in [-0.25, -0.2) is 9.97 Å². The molecule has 0 aromatic carbocycles. The molecule has 17 heavy (non-hydrogen) atoms. The molecule has 0 radical (unpaired) electrons. The predicted octanol–water partition coefficient (Wildman–Crippen LogP) is 1.32. The van der Waals surface area contributed by atoms with Crippen LogP contribution in [-0.2, 0) is 0 Å². The molecule has 0 bridgehead atoms. The van der Waals surface area contributed by atoms with E-state index in [2.05, 4.69) is 15.1 Å². The molecule has 0 saturated heterocycles. The fraction of sp³-hybridized carbons (Fsp3) is 0.273. The lowest BCUT2D eigenvalue weighted by atomic mass is 10.4. The largest absolute Gasteiger partial charge is 0.487 e. The Labute approximate surface area is 98.5 Å². The molecule has 0 saturated carbocycles. The van der Waals surface area contributed by atoms with E-state index in [0.29, 0.717) is 11.6 Å². The summed E-state index contributed by atoms with van der Waals surface area (Å²) >= 11 is 0. The van der Waals surface area contributed by atoms with Crippen molar-refractivity contribution in [2.45, 2.75) is 20.0 Å². The molecule has 2 aromatic heterocycles. The molecule has 0 aliphatic rings. The van der Waals surface area contributed by atoms with Crippen LogP contribution in [-0.4, -0.2) is 25.9 Å². The first-order valence-electron chi connectivity index (χ1n) is 5.14. The van der Waals surface area contributed by atoms with E-state index in [9.17, 15) is 0 Å². The normalized spacial score (nSPS) is 10.2. The topological polar surface area (TPSA) is 76.6 Å². The van der Waals surface area contributed by atoms with Crippen LogP contribution in [0.4, 0.5) is 0 Å². The third-order valence-electron chi connectivity index (χ3n) is 1.92. The number of nitrogens with zero attached hydrogens (tertiary/aromatic N) is 5. The molecule has 0 N–H and O–H groups in total. The first kappa shape index (κ1) is 11.1. The fourth-order valence-electron chi connectivity index (χ4n) is 1.32. The predicted molar refractivity (Wildman–Crippen MR) is 59.6 cm³/mol. The summed E-state index contributed by atoms with van der Waals surface area (Å²) in [7, 11) is 0. The Morgan fingerprint density at radius 3 is 2.88 bits per heavy atom. The minimum absolute atomic E-state index is 0.0388. The third kappa shape index (κ3) is 2.39. The van der Waals surface area contributed by atoms with E-state index < -0.39 is 0 Å². The van der Waals surface area contributed by atoms with Crippen molar-refractivity contribution in [3.8, 4) is 17.6 Å². The quantitative estimate of drug-likeness (QED) is 0.793. The maximum Gasteiger partial charge on any atom is 0.252 e. The highest BCUT2D eigenvalue weighted by Gasteiger charge is 2.10. The van der Waals surface area contributed by atoms with Crippen LogP contribution in [0.25, 0.3) is 5.82 Å². The second-order valence-electron chi connectivity index (χ2n) is 3.62. The molecule has 2 rings (SSSR count). The van der Waals surface area contributed by atoms with Crippen molar-refractivity contribution >= 4 is 0 Å². The number of aromatic nitrogens is 4. The Kier molecular flexibility index (Phi) is 3.01. The number of ether oxygens (including phenoxy) is 1. The Morgan fingerprint density at radius 2 is 2.24 bits per heavy atom. The summed E-state index contributed by atoms with van der Waals surface area (Å²) in [6.07, 6.45) is 3.11. The molecule has 0 amide bonds. The SMILES string of the molecule is CC(C)Oc1cccnc1-n1cnc(C#N)n1. The number of hydrogen-bond acceptors (Lipinski definition) is 5. The van der Waals surface area contributed by atoms with Gasteiger partial charge < -0.3 is 4.74 Å². The molecule has 2 heterocycles. The standard InChI is InChI=1S/C11H11N5O/c1-8(2)17-9-4-3-5-13-11(9)16-7-14-10(6-12)15-16/h3-5,7-8H,1-2H3. The summed E-state index contributed by atoms with van der Waals surface area (Å²) in [5, 5.41) is 12.6. The molecule has 0 aliphatic carbocycles. The van der Waals surface area contributed by atoms with Gasteiger partial charge in [0.1, 0.15) is 12.4 Å². The van der Waals surface area contributed by atoms with Gasteiger partial charge in [-0.3, -0.25) is 0 Å². The number of rotatable bonds is 3. The summed E-state index contributed by atoms with van der Waals surface area (Å²) in [4.78, 5) is 8.00. The molecular weight excluding hydrogens is 218 g/mol. The second kappa shape index (κ2) is 4.61. The van der Waals surface area contributed by atoms with Gasteiger partial charge >= 0.3 is 0 Å². The molecule has 0 unspecified atom stereocenters. The van der Waals surface area contributed by atoms with Crippen molar-refractivity contribution in [1.82, 2.24) is 19.7 Å². The van der Waals surface area contributed by atoms with Gasteiger partial charge in [0.15, 0.2) is 11.6 Å². The van der Waals surface area contributed by atoms with Gasteiger partial charge in [0, 0.05) is 6.20 Å². The number of pyridine rings is 1. The van der Waals surface area contributed by atoms with Crippen molar-refractivity contribution in [1.29, 1.82) is 5.26 Å². The molecule has 0 fully saturated rings. The highest BCUT2D eigenvalue weighted by atomic mass is 16.5. The van der Waals surface area contributed by atoms with E-state index in [1.807, 2.05) is 19.9 Å². The lowest BCUT2D eigenvalue weighted by Gasteiger charge is -2.12. The zero-order chi connectivity index (χ0) is 12.3. The first-order valence-corrected chi connectivity index (χ1v) is 5.14. The van der Waals surface area contributed by atoms with E-state index in [1.165, 1.54) is 11.0 Å². The van der Waals surface area contributed by atoms with E-state index >= 15 is 0 Å². The molecule has 6 nitrogen and oxygen atoms in total. The first-order chi connectivity index (χ1) is 8.20. The van der Waals surface area contributed by atoms with Crippen LogP contribution in [0.5, 0.6) is 5.75 Å². The Bertz CT molecular complexity index is 555. The van der Waals surface area contributed by atoms with Crippen molar-refractivity contribution in [2.75, 3.05) is 0 Å². The van der Waals surface area contributed by atoms with Gasteiger partial charge in [0.05, 0.1) is 6.10 Å². The van der Waals surface area contributed by atoms with Gasteiger partial charge in [-0.2, -0.15) is 9.94 Å². The summed E-state index contributed by atoms with van der Waals surface area (Å²) in [5.74, 6) is 1.23. The zero-order valence-corrected chi connectivity index (χ0v) is 9.53. The minimum atomic E-state index is 0.0388. The highest BCUT2D eigenvalue weighted by Crippen LogP contribution is 2.20. The minimum Gasteiger partial charge on any atom is -0.487 e. The van der Waals surface area contributed by atoms with Crippen molar-refractivity contribution < 1.29 is 4.74 Å². The molecule has 0 spiro atoms. The Hall–Kier alpha value is -2.42. The van der Waals surface area contributed by atoms with Crippen molar-refractivity contribution in [2.24, 2.45) is 0 Å². The van der Waals surface area contributed by atoms with E-state index in [4.69, 9.17) is 10.00 Å². The lowest BCUT2D eigenvalue weighted by molar-refractivity contribution is 0.240. The second-order valence-corrected chi connectivity index (χ2v) is 3.62. The monoisotopic (exact) mass is 229 g/mol. The maximum absolute atomic E-state index is 8.67. The highest BCUT2D eigenvalue weighted by molar-refractivity contribution is 5.39. The van der Waals surface area contributed by atoms with Crippen LogP contribution >= 0.6 is 0 Å². The average molecular weight is 229 g/mol. The van der Waals surface area contributed by atoms with Gasteiger partial charge in [-0.05, 0) is 26.0 Å². The molecule has 0 atom stereocenters. The van der Waals surface area contributed by atoms with Crippen LogP contribution < -0.4 is 4.74 Å². The van der Waals surface area contributed by atoms with Crippen LogP contribution in [0.3, 0.4) is 0 Å². The van der Waals surface area contributed by atoms with Crippen LogP contribution in [0.2, 0.25) is 0 Å². The van der Waals surface area contributed by atoms with Crippen LogP contribution in [0, 0.1) is 11.3 Å². The van der Waals surface area contributed by atoms with E-state index in [0.717, 1.165) is 0 Å².